The number of carbonyl (C=O) groups excluding carboxylic acids is 2. The number of likely N-dealkylation sites (tertiary alicyclic amines) is 1. The Morgan fingerprint density at radius 1 is 1.06 bits per heavy atom. The summed E-state index contributed by atoms with van der Waals surface area (Å²) in [6.45, 7) is 12.1. The number of anilines is 2. The normalized spacial score (nSPS) is 17.2. The number of imide groups is 1. The third-order valence-corrected chi connectivity index (χ3v) is 14.3. The Labute approximate surface area is 375 Å². The van der Waals surface area contributed by atoms with Gasteiger partial charge in [-0.2, -0.15) is 14.6 Å². The van der Waals surface area contributed by atoms with Crippen molar-refractivity contribution in [1.29, 1.82) is 0 Å². The first-order valence-electron chi connectivity index (χ1n) is 21.9. The molecule has 2 aromatic carbocycles. The highest BCUT2D eigenvalue weighted by Crippen LogP contribution is 2.35. The number of aromatic nitrogens is 8. The summed E-state index contributed by atoms with van der Waals surface area (Å²) in [6, 6.07) is 7.96. The van der Waals surface area contributed by atoms with Gasteiger partial charge in [0.05, 0.1) is 33.9 Å². The molecule has 2 saturated heterocycles. The molecule has 0 saturated carbocycles. The molecule has 346 valence electrons. The van der Waals surface area contributed by atoms with E-state index in [4.69, 9.17) is 9.47 Å². The number of benzene rings is 2. The van der Waals surface area contributed by atoms with E-state index in [-0.39, 0.29) is 71.3 Å². The van der Waals surface area contributed by atoms with Crippen LogP contribution in [0, 0.1) is 12.7 Å². The van der Waals surface area contributed by atoms with Gasteiger partial charge >= 0.3 is 5.69 Å². The molecule has 0 bridgehead atoms. The van der Waals surface area contributed by atoms with Gasteiger partial charge in [-0.1, -0.05) is 6.07 Å². The lowest BCUT2D eigenvalue weighted by atomic mass is 9.89. The fraction of sp³-hybridized carbons (Fsp3) is 0.477. The van der Waals surface area contributed by atoms with E-state index in [0.717, 1.165) is 37.0 Å². The van der Waals surface area contributed by atoms with Crippen LogP contribution >= 0.6 is 0 Å². The van der Waals surface area contributed by atoms with Gasteiger partial charge in [-0.15, -0.1) is 5.10 Å². The van der Waals surface area contributed by atoms with Crippen molar-refractivity contribution in [2.24, 2.45) is 7.05 Å². The highest BCUT2D eigenvalue weighted by Gasteiger charge is 2.32. The number of hydrogen-bond donors (Lipinski definition) is 2. The SMILES string of the molecule is CCO[C@H](C)n1cc(-c2ncn3nc(Nc4ccc(S(=O)(=O)N(C)CCCN5CCC(c6ccc7c(c6)n(C)c(=O)n7[C@@H]6CCC(=O)NC6=O)CC5)c(C)c4F)nc3c2OC(C)C)cn1. The van der Waals surface area contributed by atoms with Gasteiger partial charge < -0.3 is 19.7 Å². The first-order valence-corrected chi connectivity index (χ1v) is 23.4. The van der Waals surface area contributed by atoms with Crippen molar-refractivity contribution in [2.45, 2.75) is 95.9 Å². The Kier molecular flexibility index (Phi) is 12.9. The molecule has 0 unspecified atom stereocenters. The monoisotopic (exact) mass is 914 g/mol. The Balaban J connectivity index is 0.882. The number of amides is 2. The minimum absolute atomic E-state index is 0.00343. The highest BCUT2D eigenvalue weighted by molar-refractivity contribution is 7.89. The largest absolute Gasteiger partial charge is 0.485 e. The fourth-order valence-electron chi connectivity index (χ4n) is 8.74. The lowest BCUT2D eigenvalue weighted by molar-refractivity contribution is -0.135. The van der Waals surface area contributed by atoms with Crippen molar-refractivity contribution < 1.29 is 31.9 Å². The van der Waals surface area contributed by atoms with Crippen LogP contribution in [0.2, 0.25) is 0 Å². The van der Waals surface area contributed by atoms with Crippen LogP contribution in [-0.4, -0.2) is 114 Å². The quantitative estimate of drug-likeness (QED) is 0.122. The molecule has 0 radical (unpaired) electrons. The maximum Gasteiger partial charge on any atom is 0.329 e. The molecule has 65 heavy (non-hydrogen) atoms. The van der Waals surface area contributed by atoms with Crippen molar-refractivity contribution in [3.8, 4) is 17.0 Å². The molecule has 4 aromatic heterocycles. The second-order valence-electron chi connectivity index (χ2n) is 17.0. The van der Waals surface area contributed by atoms with Gasteiger partial charge in [-0.25, -0.2) is 31.6 Å². The van der Waals surface area contributed by atoms with Crippen molar-refractivity contribution in [1.82, 2.24) is 53.0 Å². The van der Waals surface area contributed by atoms with Crippen molar-refractivity contribution in [2.75, 3.05) is 45.2 Å². The van der Waals surface area contributed by atoms with Gasteiger partial charge in [0, 0.05) is 51.0 Å². The molecule has 2 amide bonds. The second kappa shape index (κ2) is 18.5. The van der Waals surface area contributed by atoms with Gasteiger partial charge in [0.15, 0.2) is 11.6 Å². The summed E-state index contributed by atoms with van der Waals surface area (Å²) in [6.07, 6.45) is 7.25. The maximum absolute atomic E-state index is 16.0. The Bertz CT molecular complexity index is 2930. The molecular weight excluding hydrogens is 860 g/mol. The lowest BCUT2D eigenvalue weighted by Crippen LogP contribution is -2.44. The number of fused-ring (bicyclic) bond motifs is 2. The topological polar surface area (TPSA) is 205 Å². The zero-order chi connectivity index (χ0) is 46.3. The number of piperidine rings is 2. The van der Waals surface area contributed by atoms with Crippen LogP contribution in [0.3, 0.4) is 0 Å². The molecule has 6 heterocycles. The average Bonchev–Trinajstić information content (AvgIpc) is 3.99. The Morgan fingerprint density at radius 3 is 2.55 bits per heavy atom. The summed E-state index contributed by atoms with van der Waals surface area (Å²) < 4.78 is 62.8. The Hall–Kier alpha value is -6.03. The molecule has 2 aliphatic rings. The number of halogens is 1. The number of aryl methyl sites for hydroxylation is 1. The third kappa shape index (κ3) is 9.01. The zero-order valence-corrected chi connectivity index (χ0v) is 38.4. The van der Waals surface area contributed by atoms with Crippen LogP contribution in [0.4, 0.5) is 16.0 Å². The van der Waals surface area contributed by atoms with Crippen LogP contribution < -0.4 is 21.1 Å². The standard InChI is InChI=1S/C44H55FN12O7S/c1-8-63-28(5)55-24-31(23-47-55)39-40(64-26(2)3)41-50-43(51-56(41)25-46-39)48-32-11-14-36(27(4)38(32)45)65(61,62)52(6)18-9-19-54-20-16-29(17-21-54)30-10-12-33-35(22-30)53(7)44(60)57(33)34-13-15-37(58)49-42(34)59/h10-12,14,22-26,28-29,34H,8-9,13,15-21H2,1-7H3,(H,48,51)(H,49,58,59)/t28-,34-/m1/s1. The van der Waals surface area contributed by atoms with Gasteiger partial charge in [0.2, 0.25) is 33.4 Å². The fourth-order valence-corrected chi connectivity index (χ4v) is 10.2. The molecule has 6 aromatic rings. The van der Waals surface area contributed by atoms with Crippen molar-refractivity contribution in [3.05, 3.63) is 76.5 Å². The molecule has 0 spiro atoms. The predicted octanol–water partition coefficient (Wildman–Crippen LogP) is 5.04. The predicted molar refractivity (Wildman–Crippen MR) is 240 cm³/mol. The number of rotatable bonds is 16. The molecule has 2 aliphatic heterocycles. The molecule has 21 heteroatoms. The molecule has 2 fully saturated rings. The molecule has 2 N–H and O–H groups in total. The molecule has 19 nitrogen and oxygen atoms in total. The summed E-state index contributed by atoms with van der Waals surface area (Å²) in [5.41, 5.74) is 3.69. The van der Waals surface area contributed by atoms with E-state index in [9.17, 15) is 22.8 Å². The first kappa shape index (κ1) is 45.5. The van der Waals surface area contributed by atoms with Gasteiger partial charge in [-0.05, 0) is 116 Å². The number of nitrogens with zero attached hydrogens (tertiary/aromatic N) is 10. The van der Waals surface area contributed by atoms with E-state index in [0.29, 0.717) is 47.7 Å². The minimum Gasteiger partial charge on any atom is -0.485 e. The van der Waals surface area contributed by atoms with Crippen LogP contribution in [0.1, 0.15) is 89.1 Å². The smallest absolute Gasteiger partial charge is 0.329 e. The zero-order valence-electron chi connectivity index (χ0n) is 37.6. The second-order valence-corrected chi connectivity index (χ2v) is 19.0. The third-order valence-electron chi connectivity index (χ3n) is 12.3. The minimum atomic E-state index is -4.03. The van der Waals surface area contributed by atoms with Gasteiger partial charge in [0.25, 0.3) is 0 Å². The van der Waals surface area contributed by atoms with Gasteiger partial charge in [0.1, 0.15) is 24.3 Å². The summed E-state index contributed by atoms with van der Waals surface area (Å²) >= 11 is 0. The maximum atomic E-state index is 16.0. The van der Waals surface area contributed by atoms with Crippen molar-refractivity contribution in [3.63, 3.8) is 0 Å². The van der Waals surface area contributed by atoms with E-state index < -0.39 is 27.8 Å². The van der Waals surface area contributed by atoms with E-state index in [1.165, 1.54) is 45.8 Å². The number of ether oxygens (including phenoxy) is 2. The summed E-state index contributed by atoms with van der Waals surface area (Å²) in [4.78, 5) is 49.0. The molecule has 2 atom stereocenters. The highest BCUT2D eigenvalue weighted by atomic mass is 32.2. The summed E-state index contributed by atoms with van der Waals surface area (Å²) in [5.74, 6) is -0.849. The van der Waals surface area contributed by atoms with Crippen LogP contribution in [0.15, 0.2) is 58.7 Å². The average molecular weight is 915 g/mol. The van der Waals surface area contributed by atoms with E-state index in [1.807, 2.05) is 52.1 Å². The number of sulfonamides is 1. The van der Waals surface area contributed by atoms with Gasteiger partial charge in [-0.3, -0.25) is 24.0 Å². The summed E-state index contributed by atoms with van der Waals surface area (Å²) in [7, 11) is -0.832. The number of imidazole rings is 1. The van der Waals surface area contributed by atoms with Crippen LogP contribution in [0.25, 0.3) is 27.9 Å². The molecular formula is C44H55FN12O7S. The number of hydrogen-bond acceptors (Lipinski definition) is 13. The first-order chi connectivity index (χ1) is 31.0. The van der Waals surface area contributed by atoms with E-state index in [2.05, 4.69) is 35.7 Å². The van der Waals surface area contributed by atoms with Crippen molar-refractivity contribution >= 4 is 50.2 Å². The molecule has 0 aliphatic carbocycles. The molecule has 8 rings (SSSR count). The van der Waals surface area contributed by atoms with E-state index >= 15 is 4.39 Å². The van der Waals surface area contributed by atoms with E-state index in [1.54, 1.807) is 22.5 Å². The number of carbonyl (C=O) groups is 2. The Morgan fingerprint density at radius 2 is 1.83 bits per heavy atom. The van der Waals surface area contributed by atoms with Crippen LogP contribution in [0.5, 0.6) is 5.75 Å². The number of nitrogens with one attached hydrogen (secondary N) is 2. The summed E-state index contributed by atoms with van der Waals surface area (Å²) in [5, 5.41) is 14.1. The van der Waals surface area contributed by atoms with Crippen LogP contribution in [-0.2, 0) is 31.4 Å². The lowest BCUT2D eigenvalue weighted by Gasteiger charge is -2.32.